The summed E-state index contributed by atoms with van der Waals surface area (Å²) < 4.78 is 0. The molecule has 84 valence electrons. The van der Waals surface area contributed by atoms with Crippen molar-refractivity contribution in [2.75, 3.05) is 24.4 Å². The molecule has 0 bridgehead atoms. The number of aryl methyl sites for hydroxylation is 1. The number of unbranched alkanes of at least 4 members (excludes halogenated alkanes) is 2. The molecule has 1 aromatic rings. The highest BCUT2D eigenvalue weighted by Crippen LogP contribution is 2.09. The Balaban J connectivity index is 2.36. The van der Waals surface area contributed by atoms with Crippen molar-refractivity contribution in [1.29, 1.82) is 0 Å². The highest BCUT2D eigenvalue weighted by molar-refractivity contribution is 6.17. The number of hydrogen-bond donors (Lipinski definition) is 0. The van der Waals surface area contributed by atoms with Crippen molar-refractivity contribution < 1.29 is 0 Å². The lowest BCUT2D eigenvalue weighted by Gasteiger charge is -2.17. The van der Waals surface area contributed by atoms with Gasteiger partial charge in [0.15, 0.2) is 0 Å². The predicted molar refractivity (Wildman–Crippen MR) is 64.6 cm³/mol. The summed E-state index contributed by atoms with van der Waals surface area (Å²) in [5, 5.41) is 0. The lowest BCUT2D eigenvalue weighted by atomic mass is 10.2. The second kappa shape index (κ2) is 6.62. The molecule has 0 N–H and O–H groups in total. The van der Waals surface area contributed by atoms with Crippen molar-refractivity contribution in [3.63, 3.8) is 0 Å². The zero-order chi connectivity index (χ0) is 11.1. The van der Waals surface area contributed by atoms with Gasteiger partial charge in [0.05, 0.1) is 0 Å². The van der Waals surface area contributed by atoms with Crippen LogP contribution in [0.3, 0.4) is 0 Å². The van der Waals surface area contributed by atoms with Crippen LogP contribution in [0.2, 0.25) is 0 Å². The number of anilines is 1. The summed E-state index contributed by atoms with van der Waals surface area (Å²) in [6.45, 7) is 3.00. The highest BCUT2D eigenvalue weighted by atomic mass is 35.5. The van der Waals surface area contributed by atoms with Crippen LogP contribution in [-0.2, 0) is 0 Å². The van der Waals surface area contributed by atoms with Gasteiger partial charge >= 0.3 is 0 Å². The van der Waals surface area contributed by atoms with Crippen LogP contribution in [-0.4, -0.2) is 29.4 Å². The van der Waals surface area contributed by atoms with Gasteiger partial charge in [-0.05, 0) is 19.8 Å². The van der Waals surface area contributed by atoms with Crippen molar-refractivity contribution in [2.24, 2.45) is 0 Å². The monoisotopic (exact) mass is 227 g/mol. The van der Waals surface area contributed by atoms with E-state index in [0.29, 0.717) is 0 Å². The first-order chi connectivity index (χ1) is 7.24. The maximum Gasteiger partial charge on any atom is 0.131 e. The Hall–Kier alpha value is -0.830. The Morgan fingerprint density at radius 3 is 2.73 bits per heavy atom. The third-order valence-corrected chi connectivity index (χ3v) is 2.57. The molecule has 0 aliphatic rings. The minimum absolute atomic E-state index is 0.760. The van der Waals surface area contributed by atoms with Gasteiger partial charge in [0, 0.05) is 31.2 Å². The van der Waals surface area contributed by atoms with E-state index < -0.39 is 0 Å². The summed E-state index contributed by atoms with van der Waals surface area (Å²) in [6, 6.07) is 2.00. The summed E-state index contributed by atoms with van der Waals surface area (Å²) in [7, 11) is 2.06. The van der Waals surface area contributed by atoms with Gasteiger partial charge in [-0.1, -0.05) is 6.42 Å². The SMILES string of the molecule is Cc1cc(N(C)CCCCCCl)ncn1. The fourth-order valence-corrected chi connectivity index (χ4v) is 1.57. The molecule has 15 heavy (non-hydrogen) atoms. The molecule has 0 aliphatic heterocycles. The van der Waals surface area contributed by atoms with Gasteiger partial charge in [0.1, 0.15) is 12.1 Å². The van der Waals surface area contributed by atoms with Gasteiger partial charge in [-0.3, -0.25) is 0 Å². The Kier molecular flexibility index (Phi) is 5.40. The zero-order valence-electron chi connectivity index (χ0n) is 9.41. The van der Waals surface area contributed by atoms with Crippen molar-refractivity contribution >= 4 is 17.4 Å². The van der Waals surface area contributed by atoms with E-state index in [4.69, 9.17) is 11.6 Å². The molecule has 1 aromatic heterocycles. The number of alkyl halides is 1. The van der Waals surface area contributed by atoms with Crippen LogP contribution in [0.4, 0.5) is 5.82 Å². The van der Waals surface area contributed by atoms with Crippen LogP contribution >= 0.6 is 11.6 Å². The second-order valence-electron chi connectivity index (χ2n) is 3.69. The summed E-state index contributed by atoms with van der Waals surface area (Å²) in [4.78, 5) is 10.5. The first-order valence-electron chi connectivity index (χ1n) is 5.30. The first kappa shape index (κ1) is 12.2. The van der Waals surface area contributed by atoms with Crippen LogP contribution in [0.5, 0.6) is 0 Å². The quantitative estimate of drug-likeness (QED) is 0.553. The molecular weight excluding hydrogens is 210 g/mol. The van der Waals surface area contributed by atoms with Gasteiger partial charge in [0.25, 0.3) is 0 Å². The van der Waals surface area contributed by atoms with Gasteiger partial charge in [0.2, 0.25) is 0 Å². The molecule has 0 aromatic carbocycles. The van der Waals surface area contributed by atoms with Gasteiger partial charge in [-0.2, -0.15) is 0 Å². The Bertz CT molecular complexity index is 291. The average Bonchev–Trinajstić information content (AvgIpc) is 2.24. The summed E-state index contributed by atoms with van der Waals surface area (Å²) in [5.41, 5.74) is 1.01. The summed E-state index contributed by atoms with van der Waals surface area (Å²) in [5.74, 6) is 1.75. The van der Waals surface area contributed by atoms with Crippen LogP contribution in [0, 0.1) is 6.92 Å². The van der Waals surface area contributed by atoms with E-state index in [-0.39, 0.29) is 0 Å². The molecule has 0 amide bonds. The summed E-state index contributed by atoms with van der Waals surface area (Å²) >= 11 is 5.62. The van der Waals surface area contributed by atoms with E-state index in [1.54, 1.807) is 6.33 Å². The average molecular weight is 228 g/mol. The molecule has 0 saturated heterocycles. The maximum atomic E-state index is 5.62. The lowest BCUT2D eigenvalue weighted by Crippen LogP contribution is -2.19. The normalized spacial score (nSPS) is 10.3. The largest absolute Gasteiger partial charge is 0.360 e. The minimum Gasteiger partial charge on any atom is -0.360 e. The number of rotatable bonds is 6. The molecule has 0 unspecified atom stereocenters. The number of halogens is 1. The van der Waals surface area contributed by atoms with Crippen molar-refractivity contribution in [3.8, 4) is 0 Å². The van der Waals surface area contributed by atoms with Crippen LogP contribution in [0.15, 0.2) is 12.4 Å². The number of hydrogen-bond acceptors (Lipinski definition) is 3. The topological polar surface area (TPSA) is 29.0 Å². The molecule has 0 saturated carbocycles. The molecule has 0 radical (unpaired) electrons. The van der Waals surface area contributed by atoms with Gasteiger partial charge < -0.3 is 4.90 Å². The van der Waals surface area contributed by atoms with Crippen molar-refractivity contribution in [2.45, 2.75) is 26.2 Å². The van der Waals surface area contributed by atoms with E-state index in [0.717, 1.165) is 36.8 Å². The van der Waals surface area contributed by atoms with Crippen molar-refractivity contribution in [3.05, 3.63) is 18.1 Å². The molecule has 0 aliphatic carbocycles. The third-order valence-electron chi connectivity index (χ3n) is 2.31. The van der Waals surface area contributed by atoms with Gasteiger partial charge in [-0.25, -0.2) is 9.97 Å². The molecule has 1 heterocycles. The molecule has 4 heteroatoms. The smallest absolute Gasteiger partial charge is 0.131 e. The zero-order valence-corrected chi connectivity index (χ0v) is 10.2. The standard InChI is InChI=1S/C11H18ClN3/c1-10-8-11(14-9-13-10)15(2)7-5-3-4-6-12/h8-9H,3-7H2,1-2H3. The van der Waals surface area contributed by atoms with E-state index in [9.17, 15) is 0 Å². The summed E-state index contributed by atoms with van der Waals surface area (Å²) in [6.07, 6.45) is 5.04. The number of nitrogens with zero attached hydrogens (tertiary/aromatic N) is 3. The molecule has 3 nitrogen and oxygen atoms in total. The first-order valence-corrected chi connectivity index (χ1v) is 5.83. The van der Waals surface area contributed by atoms with Crippen LogP contribution in [0.25, 0.3) is 0 Å². The Morgan fingerprint density at radius 2 is 2.07 bits per heavy atom. The van der Waals surface area contributed by atoms with E-state index in [1.807, 2.05) is 13.0 Å². The molecule has 0 atom stereocenters. The fourth-order valence-electron chi connectivity index (χ4n) is 1.38. The predicted octanol–water partition coefficient (Wildman–Crippen LogP) is 2.63. The van der Waals surface area contributed by atoms with Crippen molar-refractivity contribution in [1.82, 2.24) is 9.97 Å². The lowest BCUT2D eigenvalue weighted by molar-refractivity contribution is 0.703. The molecule has 0 spiro atoms. The molecule has 1 rings (SSSR count). The second-order valence-corrected chi connectivity index (χ2v) is 4.07. The molecule has 0 fully saturated rings. The van der Waals surface area contributed by atoms with E-state index in [1.165, 1.54) is 6.42 Å². The van der Waals surface area contributed by atoms with Crippen LogP contribution in [0.1, 0.15) is 25.0 Å². The fraction of sp³-hybridized carbons (Fsp3) is 0.636. The molecular formula is C11H18ClN3. The van der Waals surface area contributed by atoms with E-state index >= 15 is 0 Å². The third kappa shape index (κ3) is 4.47. The highest BCUT2D eigenvalue weighted by Gasteiger charge is 2.01. The minimum atomic E-state index is 0.760. The number of aromatic nitrogens is 2. The van der Waals surface area contributed by atoms with E-state index in [2.05, 4.69) is 21.9 Å². The van der Waals surface area contributed by atoms with Crippen LogP contribution < -0.4 is 4.90 Å². The van der Waals surface area contributed by atoms with Gasteiger partial charge in [-0.15, -0.1) is 11.6 Å². The maximum absolute atomic E-state index is 5.62. The Morgan fingerprint density at radius 1 is 1.27 bits per heavy atom. The Labute approximate surface area is 96.5 Å².